The molecule has 0 amide bonds. The summed E-state index contributed by atoms with van der Waals surface area (Å²) in [4.78, 5) is 3.69. The molecule has 0 fully saturated rings. The van der Waals surface area contributed by atoms with E-state index in [1.165, 1.54) is 18.2 Å². The van der Waals surface area contributed by atoms with Crippen molar-refractivity contribution in [3.8, 4) is 11.1 Å². The lowest BCUT2D eigenvalue weighted by Crippen LogP contribution is -2.11. The molecule has 0 spiro atoms. The molecule has 2 N–H and O–H groups in total. The third kappa shape index (κ3) is 4.23. The molecule has 2 aromatic carbocycles. The molecule has 3 nitrogen and oxygen atoms in total. The molecule has 1 unspecified atom stereocenters. The number of nitrogens with zero attached hydrogens (tertiary/aromatic N) is 1. The van der Waals surface area contributed by atoms with Gasteiger partial charge in [-0.1, -0.05) is 17.7 Å². The van der Waals surface area contributed by atoms with Crippen LogP contribution in [0.1, 0.15) is 28.2 Å². The van der Waals surface area contributed by atoms with Crippen LogP contribution in [0.5, 0.6) is 0 Å². The third-order valence-corrected chi connectivity index (χ3v) is 5.09. The Hall–Kier alpha value is -2.16. The van der Waals surface area contributed by atoms with E-state index in [1.54, 1.807) is 6.92 Å². The molecule has 0 aliphatic heterocycles. The number of hydrogen-bond donors (Lipinski definition) is 2. The zero-order chi connectivity index (χ0) is 19.7. The maximum Gasteiger partial charge on any atom is 0.281 e. The highest BCUT2D eigenvalue weighted by Crippen LogP contribution is 2.36. The van der Waals surface area contributed by atoms with Gasteiger partial charge in [0, 0.05) is 11.3 Å². The number of hydrogen-bond acceptors (Lipinski definition) is 4. The van der Waals surface area contributed by atoms with Gasteiger partial charge in [-0.3, -0.25) is 0 Å². The Kier molecular flexibility index (Phi) is 5.69. The largest absolute Gasteiger partial charge is 0.369 e. The number of anilines is 1. The minimum Gasteiger partial charge on any atom is -0.369 e. The lowest BCUT2D eigenvalue weighted by molar-refractivity contribution is 0.138. The van der Waals surface area contributed by atoms with Crippen LogP contribution in [-0.4, -0.2) is 10.1 Å². The van der Waals surface area contributed by atoms with E-state index in [0.717, 1.165) is 29.5 Å². The second kappa shape index (κ2) is 7.84. The second-order valence-electron chi connectivity index (χ2n) is 5.65. The standard InChI is InChI=1S/C18H13ClF4N2OS/c1-8-24-15(17(22)23)16(27-8)18(26)25-14-5-3-10(20)7-11(14)9-2-4-12(19)13(21)6-9/h2-7,17-18,25-26H,1H3. The molecule has 142 valence electrons. The Balaban J connectivity index is 1.99. The quantitative estimate of drug-likeness (QED) is 0.390. The first-order chi connectivity index (χ1) is 12.8. The van der Waals surface area contributed by atoms with Crippen molar-refractivity contribution in [2.45, 2.75) is 19.6 Å². The van der Waals surface area contributed by atoms with E-state index in [1.807, 2.05) is 0 Å². The van der Waals surface area contributed by atoms with Crippen LogP contribution in [0.25, 0.3) is 11.1 Å². The van der Waals surface area contributed by atoms with Gasteiger partial charge in [-0.15, -0.1) is 11.3 Å². The number of aliphatic hydroxyl groups excluding tert-OH is 1. The minimum atomic E-state index is -2.85. The summed E-state index contributed by atoms with van der Waals surface area (Å²) in [5.74, 6) is -1.27. The van der Waals surface area contributed by atoms with Crippen LogP contribution in [0.15, 0.2) is 36.4 Å². The fraction of sp³-hybridized carbons (Fsp3) is 0.167. The molecule has 9 heteroatoms. The second-order valence-corrected chi connectivity index (χ2v) is 7.29. The van der Waals surface area contributed by atoms with Gasteiger partial charge in [0.2, 0.25) is 0 Å². The summed E-state index contributed by atoms with van der Waals surface area (Å²) < 4.78 is 53.8. The molecular weight excluding hydrogens is 404 g/mol. The van der Waals surface area contributed by atoms with Crippen LogP contribution in [0.4, 0.5) is 23.2 Å². The van der Waals surface area contributed by atoms with Gasteiger partial charge in [-0.25, -0.2) is 22.5 Å². The minimum absolute atomic E-state index is 0.0416. The average molecular weight is 417 g/mol. The van der Waals surface area contributed by atoms with Crippen molar-refractivity contribution in [3.05, 3.63) is 68.6 Å². The molecule has 0 saturated carbocycles. The summed E-state index contributed by atoms with van der Waals surface area (Å²) in [6.45, 7) is 1.55. The molecule has 0 aliphatic carbocycles. The molecule has 0 radical (unpaired) electrons. The van der Waals surface area contributed by atoms with Crippen LogP contribution in [-0.2, 0) is 0 Å². The van der Waals surface area contributed by atoms with E-state index >= 15 is 0 Å². The van der Waals surface area contributed by atoms with E-state index in [4.69, 9.17) is 11.6 Å². The summed E-state index contributed by atoms with van der Waals surface area (Å²) >= 11 is 6.60. The van der Waals surface area contributed by atoms with Crippen LogP contribution < -0.4 is 5.32 Å². The Bertz CT molecular complexity index is 980. The Morgan fingerprint density at radius 3 is 2.56 bits per heavy atom. The van der Waals surface area contributed by atoms with E-state index in [-0.39, 0.29) is 21.2 Å². The maximum atomic E-state index is 13.8. The predicted molar refractivity (Wildman–Crippen MR) is 97.2 cm³/mol. The lowest BCUT2D eigenvalue weighted by Gasteiger charge is -2.17. The molecule has 3 rings (SSSR count). The highest BCUT2D eigenvalue weighted by molar-refractivity contribution is 7.11. The fourth-order valence-electron chi connectivity index (χ4n) is 2.57. The van der Waals surface area contributed by atoms with Gasteiger partial charge in [0.15, 0.2) is 6.23 Å². The molecular formula is C18H13ClF4N2OS. The van der Waals surface area contributed by atoms with Crippen molar-refractivity contribution >= 4 is 28.6 Å². The van der Waals surface area contributed by atoms with Gasteiger partial charge in [0.25, 0.3) is 6.43 Å². The van der Waals surface area contributed by atoms with E-state index in [0.29, 0.717) is 10.6 Å². The van der Waals surface area contributed by atoms with Crippen molar-refractivity contribution in [3.63, 3.8) is 0 Å². The Morgan fingerprint density at radius 2 is 1.89 bits per heavy atom. The first kappa shape index (κ1) is 19.6. The molecule has 0 aliphatic rings. The monoisotopic (exact) mass is 416 g/mol. The van der Waals surface area contributed by atoms with E-state index in [2.05, 4.69) is 10.3 Å². The number of aryl methyl sites for hydroxylation is 1. The summed E-state index contributed by atoms with van der Waals surface area (Å²) in [6, 6.07) is 7.53. The molecule has 27 heavy (non-hydrogen) atoms. The van der Waals surface area contributed by atoms with Crippen LogP contribution in [0, 0.1) is 18.6 Å². The van der Waals surface area contributed by atoms with Crippen LogP contribution in [0.3, 0.4) is 0 Å². The first-order valence-corrected chi connectivity index (χ1v) is 8.90. The van der Waals surface area contributed by atoms with Gasteiger partial charge >= 0.3 is 0 Å². The van der Waals surface area contributed by atoms with Gasteiger partial charge in [0.1, 0.15) is 17.3 Å². The molecule has 1 atom stereocenters. The number of benzene rings is 2. The maximum absolute atomic E-state index is 13.8. The normalized spacial score (nSPS) is 12.4. The zero-order valence-electron chi connectivity index (χ0n) is 13.8. The topological polar surface area (TPSA) is 45.2 Å². The van der Waals surface area contributed by atoms with Crippen LogP contribution in [0.2, 0.25) is 5.02 Å². The summed E-state index contributed by atoms with van der Waals surface area (Å²) in [5.41, 5.74) is 0.265. The number of rotatable bonds is 5. The van der Waals surface area contributed by atoms with E-state index in [9.17, 15) is 22.7 Å². The predicted octanol–water partition coefficient (Wildman–Crippen LogP) is 6.09. The van der Waals surface area contributed by atoms with Gasteiger partial charge in [-0.2, -0.15) is 0 Å². The summed E-state index contributed by atoms with van der Waals surface area (Å²) in [5, 5.41) is 13.3. The van der Waals surface area contributed by atoms with Crippen LogP contribution >= 0.6 is 22.9 Å². The van der Waals surface area contributed by atoms with Gasteiger partial charge in [-0.05, 0) is 42.8 Å². The van der Waals surface area contributed by atoms with Crippen molar-refractivity contribution in [1.82, 2.24) is 4.98 Å². The molecule has 0 bridgehead atoms. The number of aromatic nitrogens is 1. The number of alkyl halides is 2. The Morgan fingerprint density at radius 1 is 1.15 bits per heavy atom. The number of halogens is 5. The summed E-state index contributed by atoms with van der Waals surface area (Å²) in [7, 11) is 0. The lowest BCUT2D eigenvalue weighted by atomic mass is 10.0. The molecule has 0 saturated heterocycles. The van der Waals surface area contributed by atoms with E-state index < -0.39 is 30.0 Å². The first-order valence-electron chi connectivity index (χ1n) is 7.71. The highest BCUT2D eigenvalue weighted by atomic mass is 35.5. The average Bonchev–Trinajstić information content (AvgIpc) is 3.01. The summed E-state index contributed by atoms with van der Waals surface area (Å²) in [6.07, 6.45) is -4.35. The van der Waals surface area contributed by atoms with Crippen molar-refractivity contribution in [2.24, 2.45) is 0 Å². The molecule has 3 aromatic rings. The van der Waals surface area contributed by atoms with Gasteiger partial charge in [0.05, 0.1) is 14.9 Å². The fourth-order valence-corrected chi connectivity index (χ4v) is 3.56. The number of thiazole rings is 1. The van der Waals surface area contributed by atoms with Gasteiger partial charge < -0.3 is 10.4 Å². The third-order valence-electron chi connectivity index (χ3n) is 3.75. The van der Waals surface area contributed by atoms with Crippen molar-refractivity contribution < 1.29 is 22.7 Å². The SMILES string of the molecule is Cc1nc(C(F)F)c(C(O)Nc2ccc(F)cc2-c2ccc(Cl)c(F)c2)s1. The van der Waals surface area contributed by atoms with Crippen molar-refractivity contribution in [1.29, 1.82) is 0 Å². The highest BCUT2D eigenvalue weighted by Gasteiger charge is 2.24. The number of aliphatic hydroxyl groups is 1. The molecule has 1 aromatic heterocycles. The van der Waals surface area contributed by atoms with Crippen molar-refractivity contribution in [2.75, 3.05) is 5.32 Å². The Labute approximate surface area is 161 Å². The molecule has 1 heterocycles. The number of nitrogens with one attached hydrogen (secondary N) is 1. The smallest absolute Gasteiger partial charge is 0.281 e. The zero-order valence-corrected chi connectivity index (χ0v) is 15.4.